The molecule has 0 atom stereocenters. The van der Waals surface area contributed by atoms with Gasteiger partial charge in [-0.3, -0.25) is 0 Å². The van der Waals surface area contributed by atoms with Gasteiger partial charge in [-0.15, -0.1) is 0 Å². The first kappa shape index (κ1) is 14.3. The van der Waals surface area contributed by atoms with Crippen molar-refractivity contribution in [1.29, 1.82) is 0 Å². The third-order valence-corrected chi connectivity index (χ3v) is 2.86. The molecule has 1 aromatic carbocycles. The number of allylic oxidation sites excluding steroid dienone is 1. The summed E-state index contributed by atoms with van der Waals surface area (Å²) in [6, 6.07) is 5.79. The molecule has 0 unspecified atom stereocenters. The molecule has 0 radical (unpaired) electrons. The van der Waals surface area contributed by atoms with Crippen LogP contribution >= 0.6 is 0 Å². The van der Waals surface area contributed by atoms with E-state index in [-0.39, 0.29) is 0 Å². The van der Waals surface area contributed by atoms with Crippen molar-refractivity contribution in [3.63, 3.8) is 0 Å². The van der Waals surface area contributed by atoms with Gasteiger partial charge >= 0.3 is 5.97 Å². The molecule has 3 heteroatoms. The van der Waals surface area contributed by atoms with Gasteiger partial charge in [-0.1, -0.05) is 26.3 Å². The van der Waals surface area contributed by atoms with Crippen molar-refractivity contribution in [2.45, 2.75) is 33.1 Å². The first-order valence-electron chi connectivity index (χ1n) is 6.23. The Labute approximate surface area is 108 Å². The minimum absolute atomic E-state index is 0.769. The van der Waals surface area contributed by atoms with Crippen molar-refractivity contribution in [1.82, 2.24) is 0 Å². The van der Waals surface area contributed by atoms with Crippen molar-refractivity contribution < 1.29 is 14.6 Å². The van der Waals surface area contributed by atoms with Crippen molar-refractivity contribution in [2.75, 3.05) is 7.11 Å². The summed E-state index contributed by atoms with van der Waals surface area (Å²) in [6.07, 6.45) is 3.86. The van der Waals surface area contributed by atoms with E-state index in [9.17, 15) is 4.79 Å². The number of ether oxygens (including phenoxy) is 1. The van der Waals surface area contributed by atoms with Gasteiger partial charge in [0.05, 0.1) is 7.11 Å². The molecule has 3 nitrogen and oxygen atoms in total. The zero-order valence-electron chi connectivity index (χ0n) is 11.2. The SMILES string of the molecule is CCC/C(=C\C(=O)O)c1ccc(OC)cc1CC. The van der Waals surface area contributed by atoms with Crippen LogP contribution in [-0.4, -0.2) is 18.2 Å². The van der Waals surface area contributed by atoms with Gasteiger partial charge in [0.25, 0.3) is 0 Å². The predicted molar refractivity (Wildman–Crippen MR) is 72.9 cm³/mol. The molecular weight excluding hydrogens is 228 g/mol. The first-order valence-corrected chi connectivity index (χ1v) is 6.23. The van der Waals surface area contributed by atoms with Gasteiger partial charge in [0, 0.05) is 6.08 Å². The molecule has 0 aliphatic heterocycles. The average molecular weight is 248 g/mol. The van der Waals surface area contributed by atoms with Crippen molar-refractivity contribution >= 4 is 11.5 Å². The van der Waals surface area contributed by atoms with E-state index in [1.165, 1.54) is 6.08 Å². The minimum Gasteiger partial charge on any atom is -0.497 e. The van der Waals surface area contributed by atoms with E-state index < -0.39 is 5.97 Å². The highest BCUT2D eigenvalue weighted by molar-refractivity contribution is 5.90. The number of aryl methyl sites for hydroxylation is 1. The van der Waals surface area contributed by atoms with E-state index in [1.54, 1.807) is 7.11 Å². The Morgan fingerprint density at radius 1 is 1.39 bits per heavy atom. The van der Waals surface area contributed by atoms with Crippen LogP contribution in [0, 0.1) is 0 Å². The second-order valence-corrected chi connectivity index (χ2v) is 4.13. The summed E-state index contributed by atoms with van der Waals surface area (Å²) in [7, 11) is 1.63. The molecule has 0 aromatic heterocycles. The molecule has 98 valence electrons. The molecule has 0 spiro atoms. The summed E-state index contributed by atoms with van der Waals surface area (Å²) < 4.78 is 5.20. The number of carboxylic acid groups (broad SMARTS) is 1. The fraction of sp³-hybridized carbons (Fsp3) is 0.400. The van der Waals surface area contributed by atoms with Gasteiger partial charge < -0.3 is 9.84 Å². The van der Waals surface area contributed by atoms with Crippen molar-refractivity contribution in [3.8, 4) is 5.75 Å². The maximum absolute atomic E-state index is 10.9. The van der Waals surface area contributed by atoms with Crippen LogP contribution in [0.2, 0.25) is 0 Å². The number of hydrogen-bond donors (Lipinski definition) is 1. The summed E-state index contributed by atoms with van der Waals surface area (Å²) in [5, 5.41) is 8.94. The van der Waals surface area contributed by atoms with Crippen molar-refractivity contribution in [3.05, 3.63) is 35.4 Å². The van der Waals surface area contributed by atoms with Gasteiger partial charge in [0.15, 0.2) is 0 Å². The minimum atomic E-state index is -0.892. The van der Waals surface area contributed by atoms with Gasteiger partial charge in [0.2, 0.25) is 0 Å². The second kappa shape index (κ2) is 6.84. The Morgan fingerprint density at radius 2 is 2.11 bits per heavy atom. The summed E-state index contributed by atoms with van der Waals surface area (Å²) in [4.78, 5) is 10.9. The lowest BCUT2D eigenvalue weighted by molar-refractivity contribution is -0.131. The quantitative estimate of drug-likeness (QED) is 0.783. The third-order valence-electron chi connectivity index (χ3n) is 2.86. The molecule has 0 aliphatic carbocycles. The molecule has 0 amide bonds. The summed E-state index contributed by atoms with van der Waals surface area (Å²) in [5.74, 6) is -0.0851. The number of carboxylic acids is 1. The number of carbonyl (C=O) groups is 1. The Bertz CT molecular complexity index is 447. The second-order valence-electron chi connectivity index (χ2n) is 4.13. The van der Waals surface area contributed by atoms with Gasteiger partial charge in [0.1, 0.15) is 5.75 Å². The Kier molecular flexibility index (Phi) is 5.43. The van der Waals surface area contributed by atoms with E-state index in [0.717, 1.165) is 41.7 Å². The zero-order valence-corrected chi connectivity index (χ0v) is 11.2. The lowest BCUT2D eigenvalue weighted by atomic mass is 9.94. The van der Waals surface area contributed by atoms with Crippen LogP contribution in [0.4, 0.5) is 0 Å². The zero-order chi connectivity index (χ0) is 13.5. The molecular formula is C15H20O3. The Hall–Kier alpha value is -1.77. The summed E-state index contributed by atoms with van der Waals surface area (Å²) in [6.45, 7) is 4.10. The lowest BCUT2D eigenvalue weighted by Crippen LogP contribution is -1.97. The van der Waals surface area contributed by atoms with E-state index >= 15 is 0 Å². The Balaban J connectivity index is 3.23. The predicted octanol–water partition coefficient (Wildman–Crippen LogP) is 3.53. The fourth-order valence-electron chi connectivity index (χ4n) is 2.01. The third kappa shape index (κ3) is 3.62. The van der Waals surface area contributed by atoms with Crippen LogP contribution in [0.1, 0.15) is 37.8 Å². The average Bonchev–Trinajstić information content (AvgIpc) is 2.37. The summed E-state index contributed by atoms with van der Waals surface area (Å²) in [5.41, 5.74) is 3.02. The highest BCUT2D eigenvalue weighted by Crippen LogP contribution is 2.27. The molecule has 1 N–H and O–H groups in total. The van der Waals surface area contributed by atoms with Crippen LogP contribution in [-0.2, 0) is 11.2 Å². The first-order chi connectivity index (χ1) is 8.62. The molecule has 1 rings (SSSR count). The van der Waals surface area contributed by atoms with E-state index in [2.05, 4.69) is 6.92 Å². The van der Waals surface area contributed by atoms with E-state index in [0.29, 0.717) is 0 Å². The normalized spacial score (nSPS) is 11.4. The molecule has 18 heavy (non-hydrogen) atoms. The van der Waals surface area contributed by atoms with Crippen LogP contribution in [0.25, 0.3) is 5.57 Å². The maximum atomic E-state index is 10.9. The van der Waals surface area contributed by atoms with E-state index in [1.807, 2.05) is 25.1 Å². The standard InChI is InChI=1S/C15H20O3/c1-4-6-12(10-15(16)17)14-8-7-13(18-3)9-11(14)5-2/h7-10H,4-6H2,1-3H3,(H,16,17)/b12-10+. The molecule has 0 aliphatic rings. The molecule has 1 aromatic rings. The van der Waals surface area contributed by atoms with E-state index in [4.69, 9.17) is 9.84 Å². The molecule has 0 bridgehead atoms. The topological polar surface area (TPSA) is 46.5 Å². The monoisotopic (exact) mass is 248 g/mol. The maximum Gasteiger partial charge on any atom is 0.328 e. The number of methoxy groups -OCH3 is 1. The highest BCUT2D eigenvalue weighted by atomic mass is 16.5. The van der Waals surface area contributed by atoms with Crippen LogP contribution in [0.5, 0.6) is 5.75 Å². The summed E-state index contributed by atoms with van der Waals surface area (Å²) >= 11 is 0. The number of aliphatic carboxylic acids is 1. The number of benzene rings is 1. The van der Waals surface area contributed by atoms with Gasteiger partial charge in [-0.2, -0.15) is 0 Å². The smallest absolute Gasteiger partial charge is 0.328 e. The molecule has 0 heterocycles. The molecule has 0 fully saturated rings. The fourth-order valence-corrected chi connectivity index (χ4v) is 2.01. The van der Waals surface area contributed by atoms with Crippen molar-refractivity contribution in [2.24, 2.45) is 0 Å². The molecule has 0 saturated heterocycles. The van der Waals surface area contributed by atoms with Crippen LogP contribution in [0.3, 0.4) is 0 Å². The lowest BCUT2D eigenvalue weighted by Gasteiger charge is -2.12. The van der Waals surface area contributed by atoms with Crippen LogP contribution < -0.4 is 4.74 Å². The largest absolute Gasteiger partial charge is 0.497 e. The Morgan fingerprint density at radius 3 is 2.61 bits per heavy atom. The highest BCUT2D eigenvalue weighted by Gasteiger charge is 2.09. The number of hydrogen-bond acceptors (Lipinski definition) is 2. The van der Waals surface area contributed by atoms with Gasteiger partial charge in [-0.05, 0) is 41.7 Å². The van der Waals surface area contributed by atoms with Crippen LogP contribution in [0.15, 0.2) is 24.3 Å². The van der Waals surface area contributed by atoms with Gasteiger partial charge in [-0.25, -0.2) is 4.79 Å². The number of rotatable bonds is 6. The molecule has 0 saturated carbocycles.